The van der Waals surface area contributed by atoms with Crippen LogP contribution in [0.2, 0.25) is 0 Å². The normalized spacial score (nSPS) is 22.4. The predicted octanol–water partition coefficient (Wildman–Crippen LogP) is 2.07. The van der Waals surface area contributed by atoms with E-state index in [0.717, 1.165) is 44.2 Å². The van der Waals surface area contributed by atoms with Gasteiger partial charge in [-0.3, -0.25) is 9.78 Å². The van der Waals surface area contributed by atoms with Crippen LogP contribution >= 0.6 is 0 Å². The summed E-state index contributed by atoms with van der Waals surface area (Å²) in [6, 6.07) is 5.85. The van der Waals surface area contributed by atoms with Crippen molar-refractivity contribution in [1.29, 1.82) is 0 Å². The van der Waals surface area contributed by atoms with Gasteiger partial charge >= 0.3 is 0 Å². The lowest BCUT2D eigenvalue weighted by atomic mass is 9.87. The number of hydrogen-bond acceptors (Lipinski definition) is 3. The summed E-state index contributed by atoms with van der Waals surface area (Å²) in [5, 5.41) is 12.6. The Morgan fingerprint density at radius 3 is 3.05 bits per heavy atom. The Hall–Kier alpha value is -1.42. The molecule has 2 atom stereocenters. The molecule has 4 heteroatoms. The number of nitrogens with zero attached hydrogens (tertiary/aromatic N) is 1. The fraction of sp³-hybridized carbons (Fsp3) is 0.625. The Morgan fingerprint density at radius 1 is 1.40 bits per heavy atom. The first-order valence-electron chi connectivity index (χ1n) is 7.58. The van der Waals surface area contributed by atoms with Gasteiger partial charge in [-0.2, -0.15) is 0 Å². The predicted molar refractivity (Wildman–Crippen MR) is 78.1 cm³/mol. The van der Waals surface area contributed by atoms with E-state index in [0.29, 0.717) is 18.9 Å². The van der Waals surface area contributed by atoms with Crippen molar-refractivity contribution in [3.8, 4) is 0 Å². The highest BCUT2D eigenvalue weighted by Gasteiger charge is 2.20. The minimum atomic E-state index is -0.171. The average Bonchev–Trinajstić information content (AvgIpc) is 2.46. The molecule has 110 valence electrons. The van der Waals surface area contributed by atoms with Crippen molar-refractivity contribution in [2.24, 2.45) is 5.92 Å². The monoisotopic (exact) mass is 276 g/mol. The lowest BCUT2D eigenvalue weighted by Gasteiger charge is -2.25. The molecule has 1 aliphatic carbocycles. The molecular weight excluding hydrogens is 252 g/mol. The Morgan fingerprint density at radius 2 is 2.30 bits per heavy atom. The van der Waals surface area contributed by atoms with E-state index >= 15 is 0 Å². The third-order valence-electron chi connectivity index (χ3n) is 3.91. The molecule has 1 aromatic heterocycles. The minimum Gasteiger partial charge on any atom is -0.393 e. The Labute approximate surface area is 120 Å². The van der Waals surface area contributed by atoms with Crippen LogP contribution < -0.4 is 5.32 Å². The van der Waals surface area contributed by atoms with Gasteiger partial charge in [-0.25, -0.2) is 0 Å². The number of aliphatic hydroxyl groups is 1. The molecule has 0 aromatic carbocycles. The van der Waals surface area contributed by atoms with Crippen molar-refractivity contribution in [2.75, 3.05) is 6.54 Å². The van der Waals surface area contributed by atoms with Gasteiger partial charge in [0.15, 0.2) is 0 Å². The van der Waals surface area contributed by atoms with Gasteiger partial charge in [0.1, 0.15) is 0 Å². The molecule has 1 aliphatic rings. The summed E-state index contributed by atoms with van der Waals surface area (Å²) in [5.74, 6) is 0.555. The molecule has 20 heavy (non-hydrogen) atoms. The molecule has 1 heterocycles. The summed E-state index contributed by atoms with van der Waals surface area (Å²) in [7, 11) is 0. The fourth-order valence-corrected chi connectivity index (χ4v) is 2.77. The first-order valence-corrected chi connectivity index (χ1v) is 7.58. The van der Waals surface area contributed by atoms with E-state index in [9.17, 15) is 9.90 Å². The smallest absolute Gasteiger partial charge is 0.220 e. The van der Waals surface area contributed by atoms with E-state index in [-0.39, 0.29) is 12.0 Å². The van der Waals surface area contributed by atoms with Crippen LogP contribution in [0, 0.1) is 5.92 Å². The van der Waals surface area contributed by atoms with Gasteiger partial charge in [0, 0.05) is 24.9 Å². The standard InChI is InChI=1S/C16H24N2O2/c19-15-8-3-5-13(11-15)12-18-16(20)9-4-7-14-6-1-2-10-17-14/h1-2,6,10,13,15,19H,3-5,7-9,11-12H2,(H,18,20). The van der Waals surface area contributed by atoms with Crippen molar-refractivity contribution >= 4 is 5.91 Å². The second kappa shape index (κ2) is 8.00. The van der Waals surface area contributed by atoms with Crippen molar-refractivity contribution in [1.82, 2.24) is 10.3 Å². The van der Waals surface area contributed by atoms with Crippen LogP contribution in [0.3, 0.4) is 0 Å². The van der Waals surface area contributed by atoms with E-state index in [4.69, 9.17) is 0 Å². The zero-order chi connectivity index (χ0) is 14.2. The summed E-state index contributed by atoms with van der Waals surface area (Å²) in [5.41, 5.74) is 1.04. The van der Waals surface area contributed by atoms with Crippen LogP contribution in [0.25, 0.3) is 0 Å². The summed E-state index contributed by atoms with van der Waals surface area (Å²) < 4.78 is 0. The van der Waals surface area contributed by atoms with Gasteiger partial charge in [0.25, 0.3) is 0 Å². The van der Waals surface area contributed by atoms with Gasteiger partial charge in [-0.1, -0.05) is 12.5 Å². The van der Waals surface area contributed by atoms with Crippen molar-refractivity contribution < 1.29 is 9.90 Å². The molecule has 0 spiro atoms. The number of rotatable bonds is 6. The molecule has 0 saturated heterocycles. The molecule has 1 saturated carbocycles. The van der Waals surface area contributed by atoms with E-state index in [1.807, 2.05) is 18.2 Å². The zero-order valence-electron chi connectivity index (χ0n) is 11.9. The summed E-state index contributed by atoms with van der Waals surface area (Å²) >= 11 is 0. The number of pyridine rings is 1. The molecule has 2 N–H and O–H groups in total. The molecule has 0 aliphatic heterocycles. The molecule has 1 fully saturated rings. The SMILES string of the molecule is O=C(CCCc1ccccn1)NCC1CCCC(O)C1. The summed E-state index contributed by atoms with van der Waals surface area (Å²) in [6.45, 7) is 0.708. The molecule has 2 unspecified atom stereocenters. The molecule has 4 nitrogen and oxygen atoms in total. The number of carbonyl (C=O) groups is 1. The number of hydrogen-bond donors (Lipinski definition) is 2. The molecule has 0 radical (unpaired) electrons. The maximum atomic E-state index is 11.8. The topological polar surface area (TPSA) is 62.2 Å². The van der Waals surface area contributed by atoms with Crippen LogP contribution in [0.15, 0.2) is 24.4 Å². The van der Waals surface area contributed by atoms with Crippen LogP contribution in [0.1, 0.15) is 44.2 Å². The quantitative estimate of drug-likeness (QED) is 0.836. The molecular formula is C16H24N2O2. The Balaban J connectivity index is 1.58. The Kier molecular flexibility index (Phi) is 5.99. The number of aliphatic hydroxyl groups excluding tert-OH is 1. The number of aromatic nitrogens is 1. The second-order valence-corrected chi connectivity index (χ2v) is 5.67. The average molecular weight is 276 g/mol. The lowest BCUT2D eigenvalue weighted by molar-refractivity contribution is -0.121. The number of nitrogens with one attached hydrogen (secondary N) is 1. The van der Waals surface area contributed by atoms with E-state index in [2.05, 4.69) is 10.3 Å². The third kappa shape index (κ3) is 5.29. The summed E-state index contributed by atoms with van der Waals surface area (Å²) in [4.78, 5) is 16.0. The van der Waals surface area contributed by atoms with Crippen molar-refractivity contribution in [3.05, 3.63) is 30.1 Å². The van der Waals surface area contributed by atoms with E-state index < -0.39 is 0 Å². The molecule has 1 amide bonds. The highest BCUT2D eigenvalue weighted by molar-refractivity contribution is 5.75. The lowest BCUT2D eigenvalue weighted by Crippen LogP contribution is -2.32. The molecule has 2 rings (SSSR count). The number of amides is 1. The third-order valence-corrected chi connectivity index (χ3v) is 3.91. The zero-order valence-corrected chi connectivity index (χ0v) is 11.9. The second-order valence-electron chi connectivity index (χ2n) is 5.67. The van der Waals surface area contributed by atoms with Crippen molar-refractivity contribution in [2.45, 2.75) is 51.0 Å². The molecule has 0 bridgehead atoms. The highest BCUT2D eigenvalue weighted by Crippen LogP contribution is 2.23. The maximum Gasteiger partial charge on any atom is 0.220 e. The first-order chi connectivity index (χ1) is 9.74. The number of aryl methyl sites for hydroxylation is 1. The van der Waals surface area contributed by atoms with Crippen LogP contribution in [-0.4, -0.2) is 28.6 Å². The Bertz CT molecular complexity index is 408. The first kappa shape index (κ1) is 15.0. The maximum absolute atomic E-state index is 11.8. The highest BCUT2D eigenvalue weighted by atomic mass is 16.3. The van der Waals surface area contributed by atoms with Gasteiger partial charge in [0.05, 0.1) is 6.10 Å². The fourth-order valence-electron chi connectivity index (χ4n) is 2.77. The minimum absolute atomic E-state index is 0.112. The molecule has 1 aromatic rings. The van der Waals surface area contributed by atoms with Gasteiger partial charge in [-0.05, 0) is 50.2 Å². The van der Waals surface area contributed by atoms with Crippen LogP contribution in [-0.2, 0) is 11.2 Å². The van der Waals surface area contributed by atoms with Gasteiger partial charge in [0.2, 0.25) is 5.91 Å². The number of carbonyl (C=O) groups excluding carboxylic acids is 1. The summed E-state index contributed by atoms with van der Waals surface area (Å²) in [6.07, 6.45) is 7.76. The van der Waals surface area contributed by atoms with Gasteiger partial charge in [-0.15, -0.1) is 0 Å². The largest absolute Gasteiger partial charge is 0.393 e. The van der Waals surface area contributed by atoms with E-state index in [1.165, 1.54) is 0 Å². The van der Waals surface area contributed by atoms with E-state index in [1.54, 1.807) is 6.20 Å². The van der Waals surface area contributed by atoms with Crippen LogP contribution in [0.5, 0.6) is 0 Å². The van der Waals surface area contributed by atoms with Crippen molar-refractivity contribution in [3.63, 3.8) is 0 Å². The van der Waals surface area contributed by atoms with Crippen LogP contribution in [0.4, 0.5) is 0 Å². The van der Waals surface area contributed by atoms with Gasteiger partial charge < -0.3 is 10.4 Å².